The Bertz CT molecular complexity index is 1420. The van der Waals surface area contributed by atoms with E-state index in [0.29, 0.717) is 47.7 Å². The third kappa shape index (κ3) is 5.60. The molecule has 8 heteroatoms. The predicted octanol–water partition coefficient (Wildman–Crippen LogP) is 5.25. The van der Waals surface area contributed by atoms with Crippen LogP contribution in [0, 0.1) is 19.7 Å². The molecule has 3 aromatic rings. The summed E-state index contributed by atoms with van der Waals surface area (Å²) in [5.41, 5.74) is 6.02. The van der Waals surface area contributed by atoms with Crippen LogP contribution >= 0.6 is 0 Å². The molecule has 1 N–H and O–H groups in total. The van der Waals surface area contributed by atoms with Gasteiger partial charge in [0.1, 0.15) is 19.5 Å². The Morgan fingerprint density at radius 3 is 2.62 bits per heavy atom. The van der Waals surface area contributed by atoms with Gasteiger partial charge in [0.05, 0.1) is 17.1 Å². The van der Waals surface area contributed by atoms with Crippen LogP contribution in [0.25, 0.3) is 17.0 Å². The minimum atomic E-state index is -0.385. The van der Waals surface area contributed by atoms with Gasteiger partial charge in [0, 0.05) is 48.7 Å². The molecule has 1 saturated heterocycles. The van der Waals surface area contributed by atoms with Crippen molar-refractivity contribution in [3.63, 3.8) is 0 Å². The lowest BCUT2D eigenvalue weighted by Gasteiger charge is -2.42. The zero-order valence-electron chi connectivity index (χ0n) is 23.4. The number of pyridine rings is 2. The van der Waals surface area contributed by atoms with Gasteiger partial charge in [-0.15, -0.1) is 0 Å². The molecule has 1 aliphatic rings. The fourth-order valence-electron chi connectivity index (χ4n) is 5.12. The lowest BCUT2D eigenvalue weighted by atomic mass is 9.87. The Kier molecular flexibility index (Phi) is 8.24. The second-order valence-corrected chi connectivity index (χ2v) is 10.4. The van der Waals surface area contributed by atoms with Crippen molar-refractivity contribution >= 4 is 36.4 Å². The van der Waals surface area contributed by atoms with E-state index >= 15 is 4.39 Å². The van der Waals surface area contributed by atoms with Crippen molar-refractivity contribution in [1.82, 2.24) is 19.8 Å². The average Bonchev–Trinajstić information content (AvgIpc) is 2.90. The molecular weight excluding hydrogens is 488 g/mol. The van der Waals surface area contributed by atoms with Gasteiger partial charge in [0.15, 0.2) is 0 Å². The van der Waals surface area contributed by atoms with Crippen molar-refractivity contribution in [2.24, 2.45) is 0 Å². The summed E-state index contributed by atoms with van der Waals surface area (Å²) in [5.74, 6) is 0.209. The molecule has 3 heterocycles. The van der Waals surface area contributed by atoms with Crippen molar-refractivity contribution in [2.75, 3.05) is 25.0 Å². The van der Waals surface area contributed by atoms with Gasteiger partial charge in [-0.25, -0.2) is 9.37 Å². The number of halogens is 1. The molecule has 6 nitrogen and oxygen atoms in total. The third-order valence-electron chi connectivity index (χ3n) is 7.26. The number of piperazine rings is 1. The number of rotatable bonds is 7. The van der Waals surface area contributed by atoms with Gasteiger partial charge < -0.3 is 15.1 Å². The van der Waals surface area contributed by atoms with Gasteiger partial charge in [-0.1, -0.05) is 50.7 Å². The van der Waals surface area contributed by atoms with Crippen molar-refractivity contribution in [3.8, 4) is 11.3 Å². The molecule has 0 aliphatic carbocycles. The van der Waals surface area contributed by atoms with Crippen LogP contribution < -0.4 is 10.8 Å². The van der Waals surface area contributed by atoms with E-state index < -0.39 is 0 Å². The Morgan fingerprint density at radius 2 is 1.97 bits per heavy atom. The molecule has 0 saturated carbocycles. The molecule has 39 heavy (non-hydrogen) atoms. The Hall–Kier alpha value is -3.94. The molecule has 4 rings (SSSR count). The summed E-state index contributed by atoms with van der Waals surface area (Å²) in [6.45, 7) is 19.8. The van der Waals surface area contributed by atoms with E-state index in [1.54, 1.807) is 17.2 Å². The number of nitrogens with zero attached hydrogens (tertiary/aromatic N) is 4. The fraction of sp³-hybridized carbons (Fsp3) is 0.323. The van der Waals surface area contributed by atoms with E-state index in [-0.39, 0.29) is 23.7 Å². The van der Waals surface area contributed by atoms with Crippen LogP contribution in [0.4, 0.5) is 15.9 Å². The average molecular weight is 523 g/mol. The summed E-state index contributed by atoms with van der Waals surface area (Å²) in [7, 11) is 6.55. The van der Waals surface area contributed by atoms with Gasteiger partial charge in [0.25, 0.3) is 0 Å². The molecule has 1 fully saturated rings. The van der Waals surface area contributed by atoms with E-state index in [2.05, 4.69) is 49.1 Å². The van der Waals surface area contributed by atoms with Crippen LogP contribution in [0.3, 0.4) is 0 Å². The second-order valence-electron chi connectivity index (χ2n) is 10.4. The van der Waals surface area contributed by atoms with Crippen LogP contribution in [0.2, 0.25) is 0 Å². The molecule has 1 aromatic carbocycles. The van der Waals surface area contributed by atoms with E-state index in [9.17, 15) is 4.79 Å². The normalized spacial score (nSPS) is 15.4. The maximum Gasteiger partial charge on any atom is 0.246 e. The van der Waals surface area contributed by atoms with Crippen LogP contribution in [0.1, 0.15) is 49.1 Å². The number of hydrogen-bond donors (Lipinski definition) is 1. The van der Waals surface area contributed by atoms with E-state index in [1.807, 2.05) is 32.0 Å². The van der Waals surface area contributed by atoms with Crippen LogP contribution in [0.5, 0.6) is 0 Å². The maximum atomic E-state index is 15.1. The molecular formula is C31H35BFN5O. The first-order valence-corrected chi connectivity index (χ1v) is 13.2. The minimum Gasteiger partial charge on any atom is -0.365 e. The monoisotopic (exact) mass is 523 g/mol. The topological polar surface area (TPSA) is 61.4 Å². The number of carbonyl (C=O) groups excluding carboxylic acids is 1. The first-order chi connectivity index (χ1) is 18.5. The number of aryl methyl sites for hydroxylation is 2. The Balaban J connectivity index is 1.84. The predicted molar refractivity (Wildman–Crippen MR) is 158 cm³/mol. The number of carbonyl (C=O) groups is 1. The van der Waals surface area contributed by atoms with Gasteiger partial charge in [-0.05, 0) is 56.0 Å². The highest BCUT2D eigenvalue weighted by molar-refractivity contribution is 6.36. The smallest absolute Gasteiger partial charge is 0.246 e. The van der Waals surface area contributed by atoms with Crippen LogP contribution in [-0.2, 0) is 4.79 Å². The molecule has 2 aromatic heterocycles. The number of nitrogens with one attached hydrogen (secondary N) is 1. The lowest BCUT2D eigenvalue weighted by molar-refractivity contribution is -0.128. The summed E-state index contributed by atoms with van der Waals surface area (Å²) in [4.78, 5) is 25.7. The molecule has 1 amide bonds. The quantitative estimate of drug-likeness (QED) is 0.339. The van der Waals surface area contributed by atoms with Crippen molar-refractivity contribution < 1.29 is 9.18 Å². The highest BCUT2D eigenvalue weighted by Crippen LogP contribution is 2.35. The Morgan fingerprint density at radius 1 is 1.23 bits per heavy atom. The van der Waals surface area contributed by atoms with Gasteiger partial charge in [0.2, 0.25) is 5.91 Å². The summed E-state index contributed by atoms with van der Waals surface area (Å²) in [5, 5.41) is 3.52. The Labute approximate surface area is 232 Å². The zero-order valence-corrected chi connectivity index (χ0v) is 23.4. The molecule has 2 radical (unpaired) electrons. The van der Waals surface area contributed by atoms with Gasteiger partial charge >= 0.3 is 0 Å². The van der Waals surface area contributed by atoms with Crippen molar-refractivity contribution in [1.29, 1.82) is 0 Å². The standard InChI is InChI=1S/C31H35BFN5O/c1-8-26(39)37-14-15-38(21(6)17-37)22(7)23-16-24(32)30(27-19(4)10-9-11-25(27)33)36-31(23)35-29-20(5)12-13-34-28(29)18(2)3/h8-13,16,18,21H,1,7,14-15,17H2,2-6H3,(H,35,36). The van der Waals surface area contributed by atoms with Crippen LogP contribution in [-0.4, -0.2) is 59.2 Å². The first kappa shape index (κ1) is 28.1. The molecule has 1 unspecified atom stereocenters. The van der Waals surface area contributed by atoms with Crippen LogP contribution in [0.15, 0.2) is 55.8 Å². The van der Waals surface area contributed by atoms with Gasteiger partial charge in [-0.3, -0.25) is 9.78 Å². The minimum absolute atomic E-state index is 0.00377. The number of amides is 1. The highest BCUT2D eigenvalue weighted by Gasteiger charge is 2.29. The molecule has 1 aliphatic heterocycles. The third-order valence-corrected chi connectivity index (χ3v) is 7.26. The van der Waals surface area contributed by atoms with E-state index in [1.165, 1.54) is 12.1 Å². The zero-order chi connectivity index (χ0) is 28.4. The number of anilines is 2. The second kappa shape index (κ2) is 11.4. The summed E-state index contributed by atoms with van der Waals surface area (Å²) < 4.78 is 15.1. The van der Waals surface area contributed by atoms with E-state index in [4.69, 9.17) is 12.8 Å². The summed E-state index contributed by atoms with van der Waals surface area (Å²) >= 11 is 0. The van der Waals surface area contributed by atoms with Gasteiger partial charge in [-0.2, -0.15) is 0 Å². The number of benzene rings is 1. The number of aromatic nitrogens is 2. The maximum absolute atomic E-state index is 15.1. The largest absolute Gasteiger partial charge is 0.365 e. The van der Waals surface area contributed by atoms with Crippen molar-refractivity contribution in [2.45, 2.75) is 46.6 Å². The molecule has 0 spiro atoms. The fourth-order valence-corrected chi connectivity index (χ4v) is 5.12. The summed E-state index contributed by atoms with van der Waals surface area (Å²) in [6, 6.07) is 8.69. The summed E-state index contributed by atoms with van der Waals surface area (Å²) in [6.07, 6.45) is 3.14. The lowest BCUT2D eigenvalue weighted by Crippen LogP contribution is -2.52. The van der Waals surface area contributed by atoms with E-state index in [0.717, 1.165) is 28.2 Å². The molecule has 200 valence electrons. The van der Waals surface area contributed by atoms with Crippen molar-refractivity contribution in [3.05, 3.63) is 84.0 Å². The first-order valence-electron chi connectivity index (χ1n) is 13.2. The molecule has 0 bridgehead atoms. The number of hydrogen-bond acceptors (Lipinski definition) is 5. The molecule has 1 atom stereocenters. The SMILES string of the molecule is [B]c1cc(C(=C)N2CCN(C(=O)C=C)CC2C)c(Nc2c(C)ccnc2C(C)C)nc1-c1c(C)cccc1F. The highest BCUT2D eigenvalue weighted by atomic mass is 19.1.